The summed E-state index contributed by atoms with van der Waals surface area (Å²) in [6, 6.07) is 0. The highest BCUT2D eigenvalue weighted by molar-refractivity contribution is 5.74. The summed E-state index contributed by atoms with van der Waals surface area (Å²) in [6.45, 7) is 10.1. The number of allylic oxidation sites excluding steroid dienone is 1. The van der Waals surface area contributed by atoms with E-state index in [1.807, 2.05) is 20.8 Å². The molecule has 0 bridgehead atoms. The van der Waals surface area contributed by atoms with Crippen LogP contribution in [0, 0.1) is 23.7 Å². The Morgan fingerprint density at radius 3 is 2.00 bits per heavy atom. The number of hydrogen-bond donors (Lipinski definition) is 3. The Labute approximate surface area is 138 Å². The average Bonchev–Trinajstić information content (AvgIpc) is 2.54. The van der Waals surface area contributed by atoms with Gasteiger partial charge in [-0.25, -0.2) is 0 Å². The summed E-state index contributed by atoms with van der Waals surface area (Å²) in [5.41, 5.74) is 4.96. The second kappa shape index (κ2) is 9.45. The maximum Gasteiger partial charge on any atom is 0.307 e. The van der Waals surface area contributed by atoms with E-state index in [2.05, 4.69) is 17.6 Å². The third-order valence-corrected chi connectivity index (χ3v) is 4.59. The van der Waals surface area contributed by atoms with Crippen molar-refractivity contribution in [2.45, 2.75) is 45.6 Å². The van der Waals surface area contributed by atoms with Crippen LogP contribution in [0.3, 0.4) is 0 Å². The van der Waals surface area contributed by atoms with Crippen LogP contribution >= 0.6 is 0 Å². The monoisotopic (exact) mass is 326 g/mol. The Hall–Kier alpha value is -1.69. The number of nitrogens with two attached hydrogens (primary N) is 1. The molecule has 4 unspecified atom stereocenters. The fourth-order valence-electron chi connectivity index (χ4n) is 2.85. The fourth-order valence-corrected chi connectivity index (χ4v) is 2.85. The van der Waals surface area contributed by atoms with E-state index in [-0.39, 0.29) is 17.9 Å². The molecule has 1 saturated carbocycles. The fraction of sp³-hybridized carbons (Fsp3) is 0.706. The summed E-state index contributed by atoms with van der Waals surface area (Å²) >= 11 is 0. The van der Waals surface area contributed by atoms with E-state index in [0.717, 1.165) is 12.7 Å². The Kier molecular flexibility index (Phi) is 8.75. The second-order valence-corrected chi connectivity index (χ2v) is 6.51. The minimum atomic E-state index is -0.937. The molecule has 1 aliphatic rings. The lowest BCUT2D eigenvalue weighted by atomic mass is 9.68. The minimum Gasteiger partial charge on any atom is -0.481 e. The molecule has 4 atom stereocenters. The number of carbonyl (C=O) groups excluding carboxylic acids is 2. The maximum atomic E-state index is 11.5. The second-order valence-electron chi connectivity index (χ2n) is 6.51. The number of carbonyl (C=O) groups is 3. The molecule has 0 aliphatic heterocycles. The predicted octanol–water partition coefficient (Wildman–Crippen LogP) is 1.59. The number of aliphatic carboxylic acids is 1. The summed E-state index contributed by atoms with van der Waals surface area (Å²) in [5.74, 6) is -2.88. The Bertz CT molecular complexity index is 434. The van der Waals surface area contributed by atoms with E-state index in [4.69, 9.17) is 0 Å². The van der Waals surface area contributed by atoms with Crippen molar-refractivity contribution in [2.75, 3.05) is 7.05 Å². The summed E-state index contributed by atoms with van der Waals surface area (Å²) in [7, 11) is 1.50. The molecule has 0 radical (unpaired) electrons. The van der Waals surface area contributed by atoms with Crippen molar-refractivity contribution in [1.29, 1.82) is 0 Å². The van der Waals surface area contributed by atoms with Crippen LogP contribution < -0.4 is 11.1 Å². The van der Waals surface area contributed by atoms with E-state index >= 15 is 0 Å². The SMILES string of the molecule is C=C(NC(C)(C)CC)C1CC(C=O)C(C=O)CC1C(=O)O.CN. The van der Waals surface area contributed by atoms with Gasteiger partial charge >= 0.3 is 5.97 Å². The quantitative estimate of drug-likeness (QED) is 0.613. The van der Waals surface area contributed by atoms with E-state index in [9.17, 15) is 19.5 Å². The molecule has 0 saturated heterocycles. The Morgan fingerprint density at radius 1 is 1.22 bits per heavy atom. The van der Waals surface area contributed by atoms with E-state index in [1.54, 1.807) is 0 Å². The first-order valence-corrected chi connectivity index (χ1v) is 7.93. The zero-order valence-corrected chi connectivity index (χ0v) is 14.5. The standard InChI is InChI=1S/C16H25NO4.CH5N/c1-5-16(3,4)17-10(2)13-6-11(8-18)12(9-19)7-14(13)15(20)21;1-2/h8-9,11-14,17H,2,5-7H2,1,3-4H3,(H,20,21);2H2,1H3. The Morgan fingerprint density at radius 2 is 1.65 bits per heavy atom. The topological polar surface area (TPSA) is 109 Å². The number of hydrogen-bond acceptors (Lipinski definition) is 5. The summed E-state index contributed by atoms with van der Waals surface area (Å²) in [6.07, 6.45) is 2.89. The highest BCUT2D eigenvalue weighted by atomic mass is 16.4. The molecular weight excluding hydrogens is 296 g/mol. The Balaban J connectivity index is 0.00000232. The molecule has 4 N–H and O–H groups in total. The molecule has 0 aromatic heterocycles. The molecule has 23 heavy (non-hydrogen) atoms. The third kappa shape index (κ3) is 5.78. The molecule has 1 aliphatic carbocycles. The van der Waals surface area contributed by atoms with Gasteiger partial charge in [-0.2, -0.15) is 0 Å². The van der Waals surface area contributed by atoms with Crippen LogP contribution in [0.1, 0.15) is 40.0 Å². The summed E-state index contributed by atoms with van der Waals surface area (Å²) in [5, 5.41) is 12.7. The van der Waals surface area contributed by atoms with Crippen LogP contribution in [0.15, 0.2) is 12.3 Å². The van der Waals surface area contributed by atoms with Gasteiger partial charge in [0.25, 0.3) is 0 Å². The first-order valence-electron chi connectivity index (χ1n) is 7.93. The molecule has 0 amide bonds. The molecule has 0 aromatic carbocycles. The van der Waals surface area contributed by atoms with Gasteiger partial charge in [0, 0.05) is 29.0 Å². The van der Waals surface area contributed by atoms with Crippen LogP contribution in [0.4, 0.5) is 0 Å². The number of carboxylic acids is 1. The van der Waals surface area contributed by atoms with Crippen LogP contribution in [0.25, 0.3) is 0 Å². The van der Waals surface area contributed by atoms with Crippen molar-refractivity contribution >= 4 is 18.5 Å². The lowest BCUT2D eigenvalue weighted by Gasteiger charge is -2.39. The van der Waals surface area contributed by atoms with Crippen molar-refractivity contribution in [3.63, 3.8) is 0 Å². The van der Waals surface area contributed by atoms with Gasteiger partial charge in [0.15, 0.2) is 0 Å². The van der Waals surface area contributed by atoms with Crippen molar-refractivity contribution in [1.82, 2.24) is 5.32 Å². The van der Waals surface area contributed by atoms with Crippen molar-refractivity contribution in [3.05, 3.63) is 12.3 Å². The smallest absolute Gasteiger partial charge is 0.307 e. The molecule has 6 heteroatoms. The van der Waals surface area contributed by atoms with Gasteiger partial charge in [-0.15, -0.1) is 0 Å². The van der Waals surface area contributed by atoms with Crippen LogP contribution in [-0.2, 0) is 14.4 Å². The van der Waals surface area contributed by atoms with E-state index in [0.29, 0.717) is 18.4 Å². The maximum absolute atomic E-state index is 11.5. The largest absolute Gasteiger partial charge is 0.481 e. The van der Waals surface area contributed by atoms with Gasteiger partial charge in [-0.05, 0) is 40.2 Å². The molecule has 0 aromatic rings. The zero-order valence-electron chi connectivity index (χ0n) is 14.5. The number of rotatable bonds is 7. The molecule has 1 rings (SSSR count). The first kappa shape index (κ1) is 21.3. The van der Waals surface area contributed by atoms with Crippen molar-refractivity contribution in [2.24, 2.45) is 29.4 Å². The third-order valence-electron chi connectivity index (χ3n) is 4.59. The molecular formula is C17H30N2O4. The van der Waals surface area contributed by atoms with Gasteiger partial charge in [0.05, 0.1) is 5.92 Å². The van der Waals surface area contributed by atoms with Crippen LogP contribution in [-0.4, -0.2) is 36.2 Å². The number of aldehydes is 2. The normalized spacial score (nSPS) is 27.2. The van der Waals surface area contributed by atoms with Gasteiger partial charge in [0.2, 0.25) is 0 Å². The molecule has 132 valence electrons. The lowest BCUT2D eigenvalue weighted by Crippen LogP contribution is -2.45. The minimum absolute atomic E-state index is 0.182. The van der Waals surface area contributed by atoms with Crippen molar-refractivity contribution in [3.8, 4) is 0 Å². The highest BCUT2D eigenvalue weighted by Crippen LogP contribution is 2.39. The van der Waals surface area contributed by atoms with Crippen molar-refractivity contribution < 1.29 is 19.5 Å². The van der Waals surface area contributed by atoms with E-state index in [1.165, 1.54) is 7.05 Å². The van der Waals surface area contributed by atoms with Gasteiger partial charge in [-0.3, -0.25) is 4.79 Å². The summed E-state index contributed by atoms with van der Waals surface area (Å²) < 4.78 is 0. The van der Waals surface area contributed by atoms with Crippen LogP contribution in [0.5, 0.6) is 0 Å². The molecule has 0 heterocycles. The highest BCUT2D eigenvalue weighted by Gasteiger charge is 2.42. The van der Waals surface area contributed by atoms with E-state index < -0.39 is 23.7 Å². The summed E-state index contributed by atoms with van der Waals surface area (Å²) in [4.78, 5) is 33.7. The zero-order chi connectivity index (χ0) is 18.2. The average molecular weight is 326 g/mol. The molecule has 0 spiro atoms. The molecule has 6 nitrogen and oxygen atoms in total. The first-order chi connectivity index (χ1) is 10.8. The van der Waals surface area contributed by atoms with Gasteiger partial charge in [0.1, 0.15) is 12.6 Å². The van der Waals surface area contributed by atoms with Gasteiger partial charge in [-0.1, -0.05) is 13.5 Å². The van der Waals surface area contributed by atoms with Gasteiger partial charge < -0.3 is 25.7 Å². The number of carboxylic acid groups (broad SMARTS) is 1. The van der Waals surface area contributed by atoms with Crippen LogP contribution in [0.2, 0.25) is 0 Å². The number of nitrogens with one attached hydrogen (secondary N) is 1. The molecule has 1 fully saturated rings. The predicted molar refractivity (Wildman–Crippen MR) is 89.7 cm³/mol. The lowest BCUT2D eigenvalue weighted by molar-refractivity contribution is -0.147.